The number of rotatable bonds is 57. The lowest BCUT2D eigenvalue weighted by Crippen LogP contribution is -1.87. The van der Waals surface area contributed by atoms with E-state index in [9.17, 15) is 0 Å². The molecular weight excluding hydrogens is 733 g/mol. The molecular formula is C61H124. The molecule has 0 amide bonds. The Labute approximate surface area is 391 Å². The lowest BCUT2D eigenvalue weighted by Gasteiger charge is -2.05. The summed E-state index contributed by atoms with van der Waals surface area (Å²) in [5, 5.41) is 0. The average molecular weight is 858 g/mol. The van der Waals surface area contributed by atoms with E-state index < -0.39 is 0 Å². The third kappa shape index (κ3) is 60.0. The SMILES string of the molecule is CCCCCCCCCCCCCCCCCCCCCCCCCCCCCCCCCCCCCCCCCCCCCCCCCCCCCCCCCCC(C)C. The second-order valence-corrected chi connectivity index (χ2v) is 21.6. The van der Waals surface area contributed by atoms with Crippen molar-refractivity contribution in [2.24, 2.45) is 5.92 Å². The van der Waals surface area contributed by atoms with E-state index in [0.29, 0.717) is 0 Å². The van der Waals surface area contributed by atoms with Crippen LogP contribution in [0.4, 0.5) is 0 Å². The summed E-state index contributed by atoms with van der Waals surface area (Å²) in [6, 6.07) is 0. The van der Waals surface area contributed by atoms with Crippen molar-refractivity contribution in [3.63, 3.8) is 0 Å². The minimum Gasteiger partial charge on any atom is -0.0654 e. The minimum atomic E-state index is 0.895. The molecule has 0 atom stereocenters. The zero-order valence-corrected chi connectivity index (χ0v) is 43.9. The number of hydrogen-bond acceptors (Lipinski definition) is 0. The van der Waals surface area contributed by atoms with Crippen LogP contribution in [0.3, 0.4) is 0 Å². The zero-order valence-electron chi connectivity index (χ0n) is 43.9. The third-order valence-corrected chi connectivity index (χ3v) is 14.6. The highest BCUT2D eigenvalue weighted by Gasteiger charge is 2.00. The van der Waals surface area contributed by atoms with Gasteiger partial charge in [0.25, 0.3) is 0 Å². The van der Waals surface area contributed by atoms with Gasteiger partial charge in [-0.1, -0.05) is 387 Å². The van der Waals surface area contributed by atoms with Crippen molar-refractivity contribution >= 4 is 0 Å². The fraction of sp³-hybridized carbons (Fsp3) is 1.00. The summed E-state index contributed by atoms with van der Waals surface area (Å²) in [5.41, 5.74) is 0. The van der Waals surface area contributed by atoms with Gasteiger partial charge in [0, 0.05) is 0 Å². The summed E-state index contributed by atoms with van der Waals surface area (Å²) < 4.78 is 0. The molecule has 0 radical (unpaired) electrons. The van der Waals surface area contributed by atoms with Crippen LogP contribution in [0.15, 0.2) is 0 Å². The van der Waals surface area contributed by atoms with Gasteiger partial charge >= 0.3 is 0 Å². The van der Waals surface area contributed by atoms with Gasteiger partial charge in [-0.2, -0.15) is 0 Å². The number of unbranched alkanes of at least 4 members (excludes halogenated alkanes) is 55. The Morgan fingerprint density at radius 2 is 0.246 bits per heavy atom. The van der Waals surface area contributed by atoms with Gasteiger partial charge in [0.1, 0.15) is 0 Å². The van der Waals surface area contributed by atoms with E-state index in [4.69, 9.17) is 0 Å². The van der Waals surface area contributed by atoms with E-state index in [0.717, 1.165) is 5.92 Å². The lowest BCUT2D eigenvalue weighted by molar-refractivity contribution is 0.500. The summed E-state index contributed by atoms with van der Waals surface area (Å²) >= 11 is 0. The largest absolute Gasteiger partial charge is 0.0654 e. The van der Waals surface area contributed by atoms with E-state index in [-0.39, 0.29) is 0 Å². The molecule has 0 aromatic carbocycles. The molecule has 0 N–H and O–H groups in total. The Hall–Kier alpha value is 0. The molecule has 0 heterocycles. The van der Waals surface area contributed by atoms with Crippen molar-refractivity contribution in [2.45, 2.75) is 387 Å². The summed E-state index contributed by atoms with van der Waals surface area (Å²) in [6.45, 7) is 7.03. The Morgan fingerprint density at radius 3 is 0.344 bits per heavy atom. The maximum Gasteiger partial charge on any atom is -0.0471 e. The Kier molecular flexibility index (Phi) is 58.0. The molecule has 0 heteroatoms. The van der Waals surface area contributed by atoms with Crippen LogP contribution in [0.25, 0.3) is 0 Å². The Balaban J connectivity index is 3.06. The molecule has 368 valence electrons. The van der Waals surface area contributed by atoms with Gasteiger partial charge in [-0.15, -0.1) is 0 Å². The molecule has 0 bridgehead atoms. The highest BCUT2D eigenvalue weighted by atomic mass is 14.1. The van der Waals surface area contributed by atoms with Gasteiger partial charge in [0.15, 0.2) is 0 Å². The smallest absolute Gasteiger partial charge is 0.0471 e. The van der Waals surface area contributed by atoms with Crippen LogP contribution in [0.5, 0.6) is 0 Å². The van der Waals surface area contributed by atoms with Gasteiger partial charge in [-0.05, 0) is 5.92 Å². The molecule has 0 rings (SSSR count). The van der Waals surface area contributed by atoms with E-state index in [1.165, 1.54) is 366 Å². The lowest BCUT2D eigenvalue weighted by atomic mass is 10.0. The second-order valence-electron chi connectivity index (χ2n) is 21.6. The van der Waals surface area contributed by atoms with Crippen molar-refractivity contribution < 1.29 is 0 Å². The molecule has 0 saturated heterocycles. The van der Waals surface area contributed by atoms with Crippen LogP contribution in [-0.4, -0.2) is 0 Å². The normalized spacial score (nSPS) is 11.8. The average Bonchev–Trinajstić information content (AvgIpc) is 3.26. The Morgan fingerprint density at radius 1 is 0.148 bits per heavy atom. The molecule has 0 aromatic rings. The first-order valence-corrected chi connectivity index (χ1v) is 30.3. The molecule has 0 aliphatic rings. The van der Waals surface area contributed by atoms with E-state index in [2.05, 4.69) is 20.8 Å². The summed E-state index contributed by atoms with van der Waals surface area (Å²) in [4.78, 5) is 0. The van der Waals surface area contributed by atoms with Crippen LogP contribution < -0.4 is 0 Å². The maximum absolute atomic E-state index is 2.36. The first kappa shape index (κ1) is 61.0. The predicted octanol–water partition coefficient (Wildman–Crippen LogP) is 23.9. The first-order valence-electron chi connectivity index (χ1n) is 30.3. The number of hydrogen-bond donors (Lipinski definition) is 0. The highest BCUT2D eigenvalue weighted by Crippen LogP contribution is 2.20. The van der Waals surface area contributed by atoms with Crippen molar-refractivity contribution in [3.05, 3.63) is 0 Å². The van der Waals surface area contributed by atoms with Crippen LogP contribution in [-0.2, 0) is 0 Å². The molecule has 0 spiro atoms. The fourth-order valence-electron chi connectivity index (χ4n) is 10.2. The maximum atomic E-state index is 2.36. The van der Waals surface area contributed by atoms with Crippen LogP contribution >= 0.6 is 0 Å². The molecule has 0 nitrogen and oxygen atoms in total. The molecule has 61 heavy (non-hydrogen) atoms. The standard InChI is InChI=1S/C61H124/c1-4-5-6-7-8-9-10-11-12-13-14-15-16-17-18-19-20-21-22-23-24-25-26-27-28-29-30-31-32-33-34-35-36-37-38-39-40-41-42-43-44-45-46-47-48-49-50-51-52-53-54-55-56-57-58-59-60-61(2)3/h61H,4-60H2,1-3H3. The van der Waals surface area contributed by atoms with Gasteiger partial charge in [-0.25, -0.2) is 0 Å². The van der Waals surface area contributed by atoms with Gasteiger partial charge in [0.05, 0.1) is 0 Å². The van der Waals surface area contributed by atoms with Gasteiger partial charge < -0.3 is 0 Å². The van der Waals surface area contributed by atoms with Crippen LogP contribution in [0, 0.1) is 5.92 Å². The van der Waals surface area contributed by atoms with Crippen molar-refractivity contribution in [1.29, 1.82) is 0 Å². The molecule has 0 aromatic heterocycles. The quantitative estimate of drug-likeness (QED) is 0.0535. The summed E-state index contributed by atoms with van der Waals surface area (Å²) in [7, 11) is 0. The molecule has 0 aliphatic heterocycles. The van der Waals surface area contributed by atoms with Crippen LogP contribution in [0.2, 0.25) is 0 Å². The van der Waals surface area contributed by atoms with Crippen LogP contribution in [0.1, 0.15) is 387 Å². The minimum absolute atomic E-state index is 0.895. The zero-order chi connectivity index (χ0) is 43.9. The topological polar surface area (TPSA) is 0 Å². The van der Waals surface area contributed by atoms with Crippen molar-refractivity contribution in [2.75, 3.05) is 0 Å². The van der Waals surface area contributed by atoms with Gasteiger partial charge in [0.2, 0.25) is 0 Å². The molecule has 0 fully saturated rings. The van der Waals surface area contributed by atoms with Crippen molar-refractivity contribution in [3.8, 4) is 0 Å². The van der Waals surface area contributed by atoms with Crippen molar-refractivity contribution in [1.82, 2.24) is 0 Å². The Bertz CT molecular complexity index is 707. The second kappa shape index (κ2) is 58.0. The summed E-state index contributed by atoms with van der Waals surface area (Å²) in [6.07, 6.45) is 84.9. The van der Waals surface area contributed by atoms with E-state index in [1.807, 2.05) is 0 Å². The first-order chi connectivity index (χ1) is 30.3. The fourth-order valence-corrected chi connectivity index (χ4v) is 10.2. The van der Waals surface area contributed by atoms with E-state index >= 15 is 0 Å². The molecule has 0 saturated carbocycles. The third-order valence-electron chi connectivity index (χ3n) is 14.6. The molecule has 0 unspecified atom stereocenters. The monoisotopic (exact) mass is 857 g/mol. The summed E-state index contributed by atoms with van der Waals surface area (Å²) in [5.74, 6) is 0.895. The predicted molar refractivity (Wildman–Crippen MR) is 284 cm³/mol. The molecule has 0 aliphatic carbocycles. The van der Waals surface area contributed by atoms with Gasteiger partial charge in [-0.3, -0.25) is 0 Å². The van der Waals surface area contributed by atoms with E-state index in [1.54, 1.807) is 0 Å². The highest BCUT2D eigenvalue weighted by molar-refractivity contribution is 4.56.